The van der Waals surface area contributed by atoms with E-state index in [-0.39, 0.29) is 33.5 Å². The first kappa shape index (κ1) is 61.6. The summed E-state index contributed by atoms with van der Waals surface area (Å²) < 4.78 is 69.8. The molecule has 3 N–H and O–H groups in total. The lowest BCUT2D eigenvalue weighted by Gasteiger charge is -2.15. The Bertz CT molecular complexity index is 3640. The molecule has 0 aliphatic heterocycles. The van der Waals surface area contributed by atoms with Gasteiger partial charge >= 0.3 is 5.22 Å². The second-order valence-corrected chi connectivity index (χ2v) is 28.8. The summed E-state index contributed by atoms with van der Waals surface area (Å²) in [6, 6.07) is 27.3. The Balaban J connectivity index is 0.000000156. The van der Waals surface area contributed by atoms with Crippen LogP contribution in [0, 0.1) is 25.2 Å². The van der Waals surface area contributed by atoms with Gasteiger partial charge in [-0.1, -0.05) is 93.4 Å². The molecule has 1 saturated carbocycles. The van der Waals surface area contributed by atoms with E-state index < -0.39 is 42.2 Å². The number of rotatable bonds is 20. The number of sulfone groups is 1. The van der Waals surface area contributed by atoms with E-state index in [0.717, 1.165) is 92.4 Å². The fourth-order valence-electron chi connectivity index (χ4n) is 7.58. The molecule has 0 radical (unpaired) electrons. The molecule has 80 heavy (non-hydrogen) atoms. The molecule has 9 aromatic rings. The predicted molar refractivity (Wildman–Crippen MR) is 322 cm³/mol. The van der Waals surface area contributed by atoms with Gasteiger partial charge in [-0.05, 0) is 77.1 Å². The summed E-state index contributed by atoms with van der Waals surface area (Å²) in [5.74, 6) is 2.39. The number of nitriles is 1. The third kappa shape index (κ3) is 15.7. The number of tetrazole rings is 1. The predicted octanol–water partition coefficient (Wildman–Crippen LogP) is 12.3. The van der Waals surface area contributed by atoms with Crippen molar-refractivity contribution in [3.63, 3.8) is 0 Å². The fraction of sp³-hybridized carbons (Fsp3) is 0.352. The van der Waals surface area contributed by atoms with E-state index in [2.05, 4.69) is 72.8 Å². The van der Waals surface area contributed by atoms with Gasteiger partial charge < -0.3 is 14.7 Å². The maximum absolute atomic E-state index is 12.9. The molecule has 26 heteroatoms. The molecule has 1 aliphatic rings. The molecule has 1 aliphatic carbocycles. The third-order valence-electron chi connectivity index (χ3n) is 11.7. The number of aromatic nitrogens is 10. The van der Waals surface area contributed by atoms with Crippen molar-refractivity contribution >= 4 is 93.5 Å². The molecule has 10 rings (SSSR count). The van der Waals surface area contributed by atoms with Crippen molar-refractivity contribution < 1.29 is 25.5 Å². The summed E-state index contributed by atoms with van der Waals surface area (Å²) in [5.41, 5.74) is 12.4. The van der Waals surface area contributed by atoms with Crippen molar-refractivity contribution in [2.45, 2.75) is 117 Å². The largest absolute Gasteiger partial charge is 0.428 e. The normalized spacial score (nSPS) is 13.2. The molecule has 7 aromatic heterocycles. The third-order valence-corrected chi connectivity index (χ3v) is 21.8. The number of thiazole rings is 2. The van der Waals surface area contributed by atoms with E-state index in [1.807, 2.05) is 97.2 Å². The molecule has 3 atom stereocenters. The van der Waals surface area contributed by atoms with Crippen molar-refractivity contribution in [3.8, 4) is 61.4 Å². The van der Waals surface area contributed by atoms with Crippen LogP contribution in [0.4, 0.5) is 5.69 Å². The number of hydrogen-bond donors (Lipinski definition) is 2. The van der Waals surface area contributed by atoms with Crippen LogP contribution in [0.2, 0.25) is 0 Å². The number of imidazole rings is 1. The molecule has 0 amide bonds. The second-order valence-electron chi connectivity index (χ2n) is 18.1. The van der Waals surface area contributed by atoms with E-state index in [0.29, 0.717) is 49.6 Å². The highest BCUT2D eigenvalue weighted by atomic mass is 35.5. The first-order valence-electron chi connectivity index (χ1n) is 25.6. The highest BCUT2D eigenvalue weighted by Crippen LogP contribution is 2.43. The van der Waals surface area contributed by atoms with Crippen molar-refractivity contribution in [3.05, 3.63) is 113 Å². The molecular weight excluding hydrogens is 1170 g/mol. The van der Waals surface area contributed by atoms with Gasteiger partial charge in [0.2, 0.25) is 15.7 Å². The summed E-state index contributed by atoms with van der Waals surface area (Å²) in [6.07, 6.45) is 9.81. The minimum Gasteiger partial charge on any atom is -0.428 e. The molecule has 0 saturated heterocycles. The number of alkyl halides is 1. The van der Waals surface area contributed by atoms with Gasteiger partial charge in [-0.3, -0.25) is 17.6 Å². The summed E-state index contributed by atoms with van der Waals surface area (Å²) in [6.45, 7) is 12.2. The summed E-state index contributed by atoms with van der Waals surface area (Å²) >= 11 is 9.82. The Hall–Kier alpha value is -5.98. The van der Waals surface area contributed by atoms with E-state index in [4.69, 9.17) is 32.0 Å². The van der Waals surface area contributed by atoms with Gasteiger partial charge in [-0.25, -0.2) is 28.4 Å². The molecule has 2 aromatic carbocycles. The van der Waals surface area contributed by atoms with E-state index in [9.17, 15) is 21.0 Å². The zero-order valence-corrected chi connectivity index (χ0v) is 51.4. The number of unbranched alkanes of at least 4 members (excludes halogenated alkanes) is 2. The van der Waals surface area contributed by atoms with Gasteiger partial charge in [-0.2, -0.15) is 10.5 Å². The number of halogens is 1. The zero-order chi connectivity index (χ0) is 57.3. The molecule has 3 unspecified atom stereocenters. The first-order valence-corrected chi connectivity index (χ1v) is 34.2. The highest BCUT2D eigenvalue weighted by molar-refractivity contribution is 7.91. The number of anilines is 1. The summed E-state index contributed by atoms with van der Waals surface area (Å²) in [4.78, 5) is 23.9. The van der Waals surface area contributed by atoms with Gasteiger partial charge in [0.1, 0.15) is 21.0 Å². The zero-order valence-electron chi connectivity index (χ0n) is 44.9. The van der Waals surface area contributed by atoms with Crippen LogP contribution in [-0.2, 0) is 42.2 Å². The van der Waals surface area contributed by atoms with Crippen molar-refractivity contribution in [1.82, 2.24) is 50.1 Å². The summed E-state index contributed by atoms with van der Waals surface area (Å²) in [5, 5.41) is 25.9. The number of hydrogen-bond acceptors (Lipinski definition) is 19. The lowest BCUT2D eigenvalue weighted by Crippen LogP contribution is -2.11. The molecule has 1 fully saturated rings. The topological polar surface area (TPSA) is 272 Å². The van der Waals surface area contributed by atoms with Gasteiger partial charge in [0, 0.05) is 62.5 Å². The Morgan fingerprint density at radius 2 is 1.54 bits per heavy atom. The minimum absolute atomic E-state index is 0.0509. The SMILES string of the molecule is CCCCS(=O)c1nc(-c2ccccc2)c(C)s1.CCCCS(=O)c1nc(-c2nccs2)c(-c2ccccn2)n1C(C)C.Cc1nc(S(=O)(=O)CCCCl)oc1-c1ccccc1.N#Cc1c(-c2nn[nH]n2)sc(S(=O)C2CC2)c1N. The van der Waals surface area contributed by atoms with E-state index in [1.54, 1.807) is 30.7 Å². The number of nitrogens with zero attached hydrogens (tertiary/aromatic N) is 10. The Kier molecular flexibility index (Phi) is 22.8. The van der Waals surface area contributed by atoms with Crippen LogP contribution in [-0.4, -0.2) is 99.5 Å². The average Bonchev–Trinajstić information content (AvgIpc) is 4.14. The summed E-state index contributed by atoms with van der Waals surface area (Å²) in [7, 11) is -6.70. The van der Waals surface area contributed by atoms with Crippen LogP contribution in [0.3, 0.4) is 0 Å². The lowest BCUT2D eigenvalue weighted by atomic mass is 10.1. The van der Waals surface area contributed by atoms with Gasteiger partial charge in [0.05, 0.1) is 77.1 Å². The number of nitrogens with two attached hydrogens (primary N) is 1. The molecule has 7 heterocycles. The number of nitrogens with one attached hydrogen (secondary N) is 1. The van der Waals surface area contributed by atoms with Crippen LogP contribution in [0.1, 0.15) is 94.8 Å². The average molecular weight is 1230 g/mol. The van der Waals surface area contributed by atoms with Crippen LogP contribution >= 0.6 is 45.6 Å². The molecule has 0 bridgehead atoms. The number of H-pyrrole nitrogens is 1. The van der Waals surface area contributed by atoms with Crippen LogP contribution < -0.4 is 5.73 Å². The van der Waals surface area contributed by atoms with Crippen molar-refractivity contribution in [2.75, 3.05) is 28.9 Å². The monoisotopic (exact) mass is 1230 g/mol. The van der Waals surface area contributed by atoms with Gasteiger partial charge in [0.25, 0.3) is 0 Å². The van der Waals surface area contributed by atoms with Gasteiger partial charge in [-0.15, -0.1) is 55.8 Å². The minimum atomic E-state index is -3.49. The van der Waals surface area contributed by atoms with Crippen LogP contribution in [0.5, 0.6) is 0 Å². The number of pyridine rings is 1. The highest BCUT2D eigenvalue weighted by Gasteiger charge is 2.34. The second kappa shape index (κ2) is 29.7. The molecule has 18 nitrogen and oxygen atoms in total. The Morgan fingerprint density at radius 1 is 0.863 bits per heavy atom. The number of thiophene rings is 1. The number of nitrogen functional groups attached to an aromatic ring is 1. The maximum Gasteiger partial charge on any atom is 0.315 e. The van der Waals surface area contributed by atoms with Crippen molar-refractivity contribution in [2.24, 2.45) is 0 Å². The standard InChI is InChI=1S/C18H22N4OS2.C14H17NOS2.C13H14ClNO3S.C9H8N6OS2/c1-4-5-12-25(23)18-21-15(17-20-10-11-24-17)16(22(18)13(2)3)14-8-6-7-9-19-14;1-3-4-10-18(16)14-15-13(11(2)17-14)12-8-6-5-7-9-12;1-10-12(11-6-3-2-4-7-11)18-13(15-10)19(16,17)9-5-8-14;10-3-5-6(11)9(18(16)4-1-2-4)17-7(5)8-12-14-15-13-8/h6-11,13H,4-5,12H2,1-3H3;5-9H,3-4,10H2,1-2H3;2-4,6-7H,5,8-9H2,1H3;4H,1-2,11H2,(H,12,13,14,15). The molecule has 0 spiro atoms. The number of aryl methyl sites for hydroxylation is 2. The van der Waals surface area contributed by atoms with Crippen molar-refractivity contribution in [1.29, 1.82) is 5.26 Å². The van der Waals surface area contributed by atoms with E-state index in [1.165, 1.54) is 22.7 Å². The number of benzene rings is 2. The number of oxazole rings is 1. The first-order chi connectivity index (χ1) is 38.6. The molecular formula is C54H61ClN12O6S7. The smallest absolute Gasteiger partial charge is 0.315 e. The van der Waals surface area contributed by atoms with Crippen LogP contribution in [0.25, 0.3) is 55.4 Å². The quantitative estimate of drug-likeness (QED) is 0.0671. The van der Waals surface area contributed by atoms with E-state index >= 15 is 0 Å². The van der Waals surface area contributed by atoms with Gasteiger partial charge in [0.15, 0.2) is 15.3 Å². The number of aromatic amines is 1. The van der Waals surface area contributed by atoms with Crippen LogP contribution in [0.15, 0.2) is 120 Å². The lowest BCUT2D eigenvalue weighted by molar-refractivity contribution is 0.440. The maximum atomic E-state index is 12.9. The Morgan fingerprint density at radius 3 is 2.11 bits per heavy atom. The molecule has 422 valence electrons. The fourth-order valence-corrected chi connectivity index (χ4v) is 16.7. The Labute approximate surface area is 490 Å².